The summed E-state index contributed by atoms with van der Waals surface area (Å²) in [5.74, 6) is -1.07. The van der Waals surface area contributed by atoms with Crippen LogP contribution in [0.5, 0.6) is 0 Å². The van der Waals surface area contributed by atoms with Crippen molar-refractivity contribution in [3.05, 3.63) is 30.1 Å². The third kappa shape index (κ3) is 3.87. The molecule has 1 fully saturated rings. The van der Waals surface area contributed by atoms with Gasteiger partial charge in [0.1, 0.15) is 17.5 Å². The van der Waals surface area contributed by atoms with Gasteiger partial charge in [-0.25, -0.2) is 4.79 Å². The maximum atomic E-state index is 12.1. The second-order valence-electron chi connectivity index (χ2n) is 5.08. The number of aromatic nitrogens is 1. The molecular weight excluding hydrogens is 272 g/mol. The zero-order valence-corrected chi connectivity index (χ0v) is 11.9. The van der Waals surface area contributed by atoms with Crippen molar-refractivity contribution >= 4 is 17.7 Å². The molecule has 0 spiro atoms. The number of ether oxygens (including phenoxy) is 1. The lowest BCUT2D eigenvalue weighted by atomic mass is 9.83. The Morgan fingerprint density at radius 1 is 1.43 bits per heavy atom. The second kappa shape index (κ2) is 6.97. The van der Waals surface area contributed by atoms with Crippen LogP contribution in [0.2, 0.25) is 0 Å². The summed E-state index contributed by atoms with van der Waals surface area (Å²) in [4.78, 5) is 39.6. The molecule has 2 rings (SSSR count). The molecule has 1 amide bonds. The van der Waals surface area contributed by atoms with Gasteiger partial charge < -0.3 is 10.1 Å². The number of esters is 1. The number of carbonyl (C=O) groups is 3. The molecule has 1 aliphatic carbocycles. The fourth-order valence-corrected chi connectivity index (χ4v) is 2.55. The minimum atomic E-state index is -0.811. The van der Waals surface area contributed by atoms with Crippen molar-refractivity contribution < 1.29 is 19.1 Å². The SMILES string of the molecule is COC(=O)[C@@H](NC(=O)c1ccccn1)[C@@H]1CCCC(=O)C1. The van der Waals surface area contributed by atoms with Gasteiger partial charge in [0, 0.05) is 19.0 Å². The molecule has 0 radical (unpaired) electrons. The molecule has 6 nitrogen and oxygen atoms in total. The van der Waals surface area contributed by atoms with Gasteiger partial charge in [0.05, 0.1) is 7.11 Å². The zero-order valence-electron chi connectivity index (χ0n) is 11.9. The van der Waals surface area contributed by atoms with Crippen molar-refractivity contribution in [1.82, 2.24) is 10.3 Å². The lowest BCUT2D eigenvalue weighted by molar-refractivity contribution is -0.145. The number of methoxy groups -OCH3 is 1. The van der Waals surface area contributed by atoms with Gasteiger partial charge in [-0.05, 0) is 30.9 Å². The largest absolute Gasteiger partial charge is 0.467 e. The van der Waals surface area contributed by atoms with E-state index < -0.39 is 17.9 Å². The minimum absolute atomic E-state index is 0.118. The zero-order chi connectivity index (χ0) is 15.2. The Hall–Kier alpha value is -2.24. The highest BCUT2D eigenvalue weighted by Gasteiger charge is 2.34. The summed E-state index contributed by atoms with van der Waals surface area (Å²) in [5, 5.41) is 2.65. The average molecular weight is 290 g/mol. The molecule has 0 aliphatic heterocycles. The second-order valence-corrected chi connectivity index (χ2v) is 5.08. The van der Waals surface area contributed by atoms with E-state index in [1.807, 2.05) is 0 Å². The molecule has 112 valence electrons. The summed E-state index contributed by atoms with van der Waals surface area (Å²) < 4.78 is 4.75. The van der Waals surface area contributed by atoms with Gasteiger partial charge in [0.25, 0.3) is 5.91 Å². The fourth-order valence-electron chi connectivity index (χ4n) is 2.55. The number of carbonyl (C=O) groups excluding carboxylic acids is 3. The number of pyridine rings is 1. The van der Waals surface area contributed by atoms with Crippen LogP contribution in [0.15, 0.2) is 24.4 Å². The molecule has 0 aromatic carbocycles. The standard InChI is InChI=1S/C15H18N2O4/c1-21-15(20)13(10-5-4-6-11(18)9-10)17-14(19)12-7-2-3-8-16-12/h2-3,7-8,10,13H,4-6,9H2,1H3,(H,17,19)/t10-,13+/m1/s1. The normalized spacial score (nSPS) is 19.7. The Morgan fingerprint density at radius 3 is 2.86 bits per heavy atom. The van der Waals surface area contributed by atoms with Gasteiger partial charge >= 0.3 is 5.97 Å². The number of Topliss-reactive ketones (excluding diaryl/α,β-unsaturated/α-hetero) is 1. The van der Waals surface area contributed by atoms with Crippen LogP contribution in [0.25, 0.3) is 0 Å². The number of amides is 1. The van der Waals surface area contributed by atoms with Gasteiger partial charge in [-0.15, -0.1) is 0 Å². The summed E-state index contributed by atoms with van der Waals surface area (Å²) >= 11 is 0. The van der Waals surface area contributed by atoms with Crippen LogP contribution < -0.4 is 5.32 Å². The Bertz CT molecular complexity index is 530. The third-order valence-electron chi connectivity index (χ3n) is 3.63. The predicted molar refractivity (Wildman–Crippen MR) is 74.5 cm³/mol. The van der Waals surface area contributed by atoms with Crippen LogP contribution >= 0.6 is 0 Å². The van der Waals surface area contributed by atoms with E-state index in [0.717, 1.165) is 6.42 Å². The van der Waals surface area contributed by atoms with Gasteiger partial charge in [-0.3, -0.25) is 14.6 Å². The summed E-state index contributed by atoms with van der Waals surface area (Å²) in [6, 6.07) is 4.15. The van der Waals surface area contributed by atoms with Crippen molar-refractivity contribution in [2.45, 2.75) is 31.7 Å². The molecule has 1 aromatic rings. The first-order chi connectivity index (χ1) is 10.1. The molecule has 1 heterocycles. The van der Waals surface area contributed by atoms with Gasteiger partial charge in [-0.2, -0.15) is 0 Å². The van der Waals surface area contributed by atoms with Crippen LogP contribution in [0.1, 0.15) is 36.2 Å². The molecule has 0 saturated heterocycles. The number of nitrogens with zero attached hydrogens (tertiary/aromatic N) is 1. The van der Waals surface area contributed by atoms with Crippen molar-refractivity contribution in [3.63, 3.8) is 0 Å². The maximum Gasteiger partial charge on any atom is 0.328 e. The molecule has 1 saturated carbocycles. The van der Waals surface area contributed by atoms with Crippen LogP contribution in [-0.2, 0) is 14.3 Å². The quantitative estimate of drug-likeness (QED) is 0.840. The maximum absolute atomic E-state index is 12.1. The lowest BCUT2D eigenvalue weighted by Gasteiger charge is -2.28. The molecular formula is C15H18N2O4. The van der Waals surface area contributed by atoms with E-state index in [1.54, 1.807) is 18.2 Å². The Balaban J connectivity index is 2.11. The summed E-state index contributed by atoms with van der Waals surface area (Å²) in [7, 11) is 1.27. The molecule has 1 aliphatic rings. The minimum Gasteiger partial charge on any atom is -0.467 e. The number of hydrogen-bond donors (Lipinski definition) is 1. The first kappa shape index (κ1) is 15.2. The van der Waals surface area contributed by atoms with Crippen LogP contribution in [0.4, 0.5) is 0 Å². The lowest BCUT2D eigenvalue weighted by Crippen LogP contribution is -2.48. The average Bonchev–Trinajstić information content (AvgIpc) is 2.52. The van der Waals surface area contributed by atoms with Crippen molar-refractivity contribution in [3.8, 4) is 0 Å². The van der Waals surface area contributed by atoms with Crippen LogP contribution in [-0.4, -0.2) is 35.8 Å². The Labute approximate surface area is 122 Å². The summed E-state index contributed by atoms with van der Waals surface area (Å²) in [5.41, 5.74) is 0.230. The Morgan fingerprint density at radius 2 is 2.24 bits per heavy atom. The fraction of sp³-hybridized carbons (Fsp3) is 0.467. The van der Waals surface area contributed by atoms with Crippen molar-refractivity contribution in [1.29, 1.82) is 0 Å². The van der Waals surface area contributed by atoms with E-state index in [4.69, 9.17) is 4.74 Å². The van der Waals surface area contributed by atoms with E-state index >= 15 is 0 Å². The molecule has 0 unspecified atom stereocenters. The van der Waals surface area contributed by atoms with E-state index in [-0.39, 0.29) is 17.4 Å². The smallest absolute Gasteiger partial charge is 0.328 e. The summed E-state index contributed by atoms with van der Waals surface area (Å²) in [6.07, 6.45) is 3.79. The van der Waals surface area contributed by atoms with Crippen molar-refractivity contribution in [2.75, 3.05) is 7.11 Å². The highest BCUT2D eigenvalue weighted by molar-refractivity contribution is 5.95. The van der Waals surface area contributed by atoms with E-state index in [9.17, 15) is 14.4 Å². The number of nitrogens with one attached hydrogen (secondary N) is 1. The number of ketones is 1. The van der Waals surface area contributed by atoms with E-state index in [0.29, 0.717) is 19.3 Å². The van der Waals surface area contributed by atoms with Crippen LogP contribution in [0.3, 0.4) is 0 Å². The van der Waals surface area contributed by atoms with Crippen LogP contribution in [0, 0.1) is 5.92 Å². The van der Waals surface area contributed by atoms with E-state index in [2.05, 4.69) is 10.3 Å². The molecule has 0 bridgehead atoms. The molecule has 1 aromatic heterocycles. The highest BCUT2D eigenvalue weighted by atomic mass is 16.5. The van der Waals surface area contributed by atoms with Crippen molar-refractivity contribution in [2.24, 2.45) is 5.92 Å². The molecule has 6 heteroatoms. The first-order valence-electron chi connectivity index (χ1n) is 6.93. The van der Waals surface area contributed by atoms with Gasteiger partial charge in [0.2, 0.25) is 0 Å². The van der Waals surface area contributed by atoms with E-state index in [1.165, 1.54) is 13.3 Å². The molecule has 2 atom stereocenters. The topological polar surface area (TPSA) is 85.4 Å². The third-order valence-corrected chi connectivity index (χ3v) is 3.63. The van der Waals surface area contributed by atoms with Gasteiger partial charge in [0.15, 0.2) is 0 Å². The molecule has 21 heavy (non-hydrogen) atoms. The number of rotatable bonds is 4. The molecule has 1 N–H and O–H groups in total. The predicted octanol–water partition coefficient (Wildman–Crippen LogP) is 1.11. The Kier molecular flexibility index (Phi) is 5.03. The summed E-state index contributed by atoms with van der Waals surface area (Å²) in [6.45, 7) is 0. The monoisotopic (exact) mass is 290 g/mol. The highest BCUT2D eigenvalue weighted by Crippen LogP contribution is 2.25. The first-order valence-corrected chi connectivity index (χ1v) is 6.93. The number of hydrogen-bond acceptors (Lipinski definition) is 5. The van der Waals surface area contributed by atoms with Gasteiger partial charge in [-0.1, -0.05) is 6.07 Å².